The fraction of sp³-hybridized carbons (Fsp3) is 0.316. The molecule has 0 atom stereocenters. The number of aliphatic hydroxyl groups is 1. The number of esters is 1. The Morgan fingerprint density at radius 1 is 1.00 bits per heavy atom. The molecule has 2 aromatic rings. The number of benzene rings is 1. The fourth-order valence-corrected chi connectivity index (χ4v) is 2.76. The topological polar surface area (TPSA) is 100 Å². The minimum Gasteiger partial charge on any atom is -0.459 e. The molecule has 3 rings (SSSR count). The lowest BCUT2D eigenvalue weighted by molar-refractivity contribution is -0.136. The molecule has 0 spiro atoms. The number of aliphatic hydroxyl groups excluding tert-OH is 1. The maximum Gasteiger partial charge on any atom is 0.338 e. The van der Waals surface area contributed by atoms with E-state index in [1.165, 1.54) is 18.4 Å². The Bertz CT molecular complexity index is 792. The normalized spacial score (nSPS) is 14.1. The van der Waals surface area contributed by atoms with Gasteiger partial charge in [-0.15, -0.1) is 0 Å². The van der Waals surface area contributed by atoms with Gasteiger partial charge >= 0.3 is 5.97 Å². The maximum atomic E-state index is 12.2. The number of hydrogen-bond donors (Lipinski definition) is 1. The first kappa shape index (κ1) is 18.7. The molecule has 0 radical (unpaired) electrons. The van der Waals surface area contributed by atoms with E-state index in [9.17, 15) is 14.4 Å². The van der Waals surface area contributed by atoms with Crippen LogP contribution in [0.1, 0.15) is 26.5 Å². The van der Waals surface area contributed by atoms with Crippen molar-refractivity contribution in [2.75, 3.05) is 32.8 Å². The van der Waals surface area contributed by atoms with Crippen molar-refractivity contribution in [2.24, 2.45) is 0 Å². The molecule has 1 aliphatic rings. The predicted octanol–water partition coefficient (Wildman–Crippen LogP) is 0.913. The summed E-state index contributed by atoms with van der Waals surface area (Å²) in [5.74, 6) is -0.833. The van der Waals surface area contributed by atoms with Gasteiger partial charge in [0, 0.05) is 26.2 Å². The largest absolute Gasteiger partial charge is 0.459 e. The Morgan fingerprint density at radius 3 is 2.26 bits per heavy atom. The second-order valence-electron chi connectivity index (χ2n) is 6.08. The van der Waals surface area contributed by atoms with E-state index in [0.717, 1.165) is 0 Å². The number of piperazine rings is 1. The Hall–Kier alpha value is -3.13. The van der Waals surface area contributed by atoms with Gasteiger partial charge in [-0.05, 0) is 29.8 Å². The second kappa shape index (κ2) is 8.50. The van der Waals surface area contributed by atoms with Crippen LogP contribution in [-0.4, -0.2) is 65.5 Å². The summed E-state index contributed by atoms with van der Waals surface area (Å²) in [5, 5.41) is 9.00. The van der Waals surface area contributed by atoms with Crippen LogP contribution in [0.15, 0.2) is 47.1 Å². The molecule has 27 heavy (non-hydrogen) atoms. The number of ether oxygens (including phenoxy) is 1. The average Bonchev–Trinajstić information content (AvgIpc) is 3.26. The highest BCUT2D eigenvalue weighted by molar-refractivity contribution is 5.92. The molecule has 1 fully saturated rings. The zero-order valence-electron chi connectivity index (χ0n) is 14.7. The summed E-state index contributed by atoms with van der Waals surface area (Å²) in [5.41, 5.74) is 0.999. The summed E-state index contributed by atoms with van der Waals surface area (Å²) in [4.78, 5) is 39.6. The van der Waals surface area contributed by atoms with Crippen molar-refractivity contribution in [3.05, 3.63) is 59.5 Å². The molecule has 8 heteroatoms. The lowest BCUT2D eigenvalue weighted by Gasteiger charge is -2.34. The number of carbonyl (C=O) groups is 3. The highest BCUT2D eigenvalue weighted by Gasteiger charge is 2.26. The third-order valence-corrected chi connectivity index (χ3v) is 4.35. The van der Waals surface area contributed by atoms with Crippen molar-refractivity contribution in [1.29, 1.82) is 0 Å². The molecular weight excluding hydrogens is 352 g/mol. The van der Waals surface area contributed by atoms with Crippen LogP contribution in [0.4, 0.5) is 0 Å². The van der Waals surface area contributed by atoms with Crippen LogP contribution in [0.25, 0.3) is 0 Å². The van der Waals surface area contributed by atoms with Gasteiger partial charge in [-0.1, -0.05) is 12.1 Å². The fourth-order valence-electron chi connectivity index (χ4n) is 2.76. The quantitative estimate of drug-likeness (QED) is 0.783. The molecule has 8 nitrogen and oxygen atoms in total. The zero-order chi connectivity index (χ0) is 19.2. The summed E-state index contributed by atoms with van der Waals surface area (Å²) in [7, 11) is 0. The summed E-state index contributed by atoms with van der Waals surface area (Å²) in [6, 6.07) is 9.57. The molecule has 1 aromatic heterocycles. The minimum absolute atomic E-state index is 0.109. The first-order chi connectivity index (χ1) is 13.1. The number of carbonyl (C=O) groups excluding carboxylic acids is 3. The Morgan fingerprint density at radius 2 is 1.67 bits per heavy atom. The van der Waals surface area contributed by atoms with Gasteiger partial charge in [0.15, 0.2) is 12.4 Å². The molecule has 142 valence electrons. The molecule has 1 saturated heterocycles. The first-order valence-corrected chi connectivity index (χ1v) is 8.56. The number of nitrogens with zero attached hydrogens (tertiary/aromatic N) is 2. The van der Waals surface area contributed by atoms with Gasteiger partial charge in [-0.25, -0.2) is 4.79 Å². The van der Waals surface area contributed by atoms with Crippen LogP contribution in [0, 0.1) is 0 Å². The van der Waals surface area contributed by atoms with Gasteiger partial charge < -0.3 is 24.1 Å². The van der Waals surface area contributed by atoms with Gasteiger partial charge in [0.25, 0.3) is 11.8 Å². The molecule has 2 amide bonds. The van der Waals surface area contributed by atoms with E-state index < -0.39 is 5.97 Å². The van der Waals surface area contributed by atoms with E-state index in [1.807, 2.05) is 0 Å². The van der Waals surface area contributed by atoms with Crippen molar-refractivity contribution < 1.29 is 28.6 Å². The monoisotopic (exact) mass is 372 g/mol. The van der Waals surface area contributed by atoms with Gasteiger partial charge in [0.2, 0.25) is 0 Å². The maximum absolute atomic E-state index is 12.2. The van der Waals surface area contributed by atoms with Gasteiger partial charge in [0.05, 0.1) is 18.4 Å². The first-order valence-electron chi connectivity index (χ1n) is 8.56. The van der Waals surface area contributed by atoms with Crippen molar-refractivity contribution in [2.45, 2.75) is 6.61 Å². The molecule has 1 N–H and O–H groups in total. The van der Waals surface area contributed by atoms with Gasteiger partial charge in [0.1, 0.15) is 0 Å². The van der Waals surface area contributed by atoms with Crippen LogP contribution in [0.3, 0.4) is 0 Å². The van der Waals surface area contributed by atoms with Crippen molar-refractivity contribution in [1.82, 2.24) is 9.80 Å². The second-order valence-corrected chi connectivity index (χ2v) is 6.08. The number of furan rings is 1. The Kier molecular flexibility index (Phi) is 5.87. The summed E-state index contributed by atoms with van der Waals surface area (Å²) in [6.45, 7) is 1.06. The van der Waals surface area contributed by atoms with Crippen LogP contribution in [0.5, 0.6) is 0 Å². The molecule has 2 heterocycles. The number of rotatable bonds is 5. The third-order valence-electron chi connectivity index (χ3n) is 4.35. The average molecular weight is 372 g/mol. The highest BCUT2D eigenvalue weighted by Crippen LogP contribution is 2.10. The van der Waals surface area contributed by atoms with Crippen LogP contribution in [0.2, 0.25) is 0 Å². The van der Waals surface area contributed by atoms with E-state index in [-0.39, 0.29) is 30.8 Å². The van der Waals surface area contributed by atoms with Gasteiger partial charge in [-0.3, -0.25) is 9.59 Å². The SMILES string of the molecule is O=C(OCC(=O)N1CCN(C(=O)c2ccco2)CC1)c1ccc(CO)cc1. The van der Waals surface area contributed by atoms with Crippen LogP contribution < -0.4 is 0 Å². The van der Waals surface area contributed by atoms with Crippen molar-refractivity contribution >= 4 is 17.8 Å². The Labute approximate surface area is 155 Å². The highest BCUT2D eigenvalue weighted by atomic mass is 16.5. The molecule has 0 unspecified atom stereocenters. The number of amides is 2. The van der Waals surface area contributed by atoms with E-state index in [2.05, 4.69) is 0 Å². The third kappa shape index (κ3) is 4.53. The molecular formula is C19H20N2O6. The Balaban J connectivity index is 1.45. The molecule has 0 aliphatic carbocycles. The van der Waals surface area contributed by atoms with Crippen molar-refractivity contribution in [3.63, 3.8) is 0 Å². The predicted molar refractivity (Wildman–Crippen MR) is 93.8 cm³/mol. The van der Waals surface area contributed by atoms with E-state index in [4.69, 9.17) is 14.3 Å². The molecule has 0 saturated carbocycles. The van der Waals surface area contributed by atoms with Gasteiger partial charge in [-0.2, -0.15) is 0 Å². The minimum atomic E-state index is -0.598. The smallest absolute Gasteiger partial charge is 0.338 e. The summed E-state index contributed by atoms with van der Waals surface area (Å²) >= 11 is 0. The standard InChI is InChI=1S/C19H20N2O6/c22-12-14-3-5-15(6-4-14)19(25)27-13-17(23)20-7-9-21(10-8-20)18(24)16-2-1-11-26-16/h1-6,11,22H,7-10,12-13H2. The number of hydrogen-bond acceptors (Lipinski definition) is 6. The molecule has 0 bridgehead atoms. The molecule has 1 aliphatic heterocycles. The lowest BCUT2D eigenvalue weighted by atomic mass is 10.1. The summed E-state index contributed by atoms with van der Waals surface area (Å²) in [6.07, 6.45) is 1.44. The van der Waals surface area contributed by atoms with Crippen molar-refractivity contribution in [3.8, 4) is 0 Å². The van der Waals surface area contributed by atoms with Crippen LogP contribution >= 0.6 is 0 Å². The van der Waals surface area contributed by atoms with E-state index >= 15 is 0 Å². The lowest BCUT2D eigenvalue weighted by Crippen LogP contribution is -2.51. The van der Waals surface area contributed by atoms with Crippen LogP contribution in [-0.2, 0) is 16.1 Å². The van der Waals surface area contributed by atoms with E-state index in [0.29, 0.717) is 37.3 Å². The van der Waals surface area contributed by atoms with E-state index in [1.54, 1.807) is 34.1 Å². The molecule has 1 aromatic carbocycles. The zero-order valence-corrected chi connectivity index (χ0v) is 14.7. The summed E-state index contributed by atoms with van der Waals surface area (Å²) < 4.78 is 10.2.